The lowest BCUT2D eigenvalue weighted by Crippen LogP contribution is -2.51. The first-order chi connectivity index (χ1) is 12.5. The zero-order chi connectivity index (χ0) is 18.1. The summed E-state index contributed by atoms with van der Waals surface area (Å²) in [4.78, 5) is 24.0. The summed E-state index contributed by atoms with van der Waals surface area (Å²) in [5.41, 5.74) is 1.68. The highest BCUT2D eigenvalue weighted by atomic mass is 15.2. The molecule has 4 rings (SSSR count). The molecule has 0 unspecified atom stereocenters. The highest BCUT2D eigenvalue weighted by Crippen LogP contribution is 2.50. The van der Waals surface area contributed by atoms with E-state index in [1.165, 1.54) is 37.9 Å². The van der Waals surface area contributed by atoms with Gasteiger partial charge in [-0.3, -0.25) is 4.90 Å². The van der Waals surface area contributed by atoms with Crippen LogP contribution in [-0.4, -0.2) is 65.1 Å². The maximum absolute atomic E-state index is 4.43. The van der Waals surface area contributed by atoms with Gasteiger partial charge in [0.25, 0.3) is 0 Å². The summed E-state index contributed by atoms with van der Waals surface area (Å²) in [5.74, 6) is 1.79. The summed E-state index contributed by atoms with van der Waals surface area (Å²) in [7, 11) is 6.08. The number of hydrogen-bond donors (Lipinski definition) is 0. The summed E-state index contributed by atoms with van der Waals surface area (Å²) in [6, 6.07) is 2.58. The van der Waals surface area contributed by atoms with Crippen molar-refractivity contribution in [3.63, 3.8) is 0 Å². The molecular formula is C19H27N7. The Hall–Kier alpha value is -2.28. The second-order valence-electron chi connectivity index (χ2n) is 7.99. The van der Waals surface area contributed by atoms with Gasteiger partial charge in [-0.05, 0) is 37.3 Å². The summed E-state index contributed by atoms with van der Waals surface area (Å²) in [5, 5.41) is 0. The molecule has 2 aromatic heterocycles. The Bertz CT molecular complexity index is 725. The van der Waals surface area contributed by atoms with E-state index >= 15 is 0 Å². The molecule has 7 nitrogen and oxygen atoms in total. The first kappa shape index (κ1) is 17.1. The van der Waals surface area contributed by atoms with Crippen molar-refractivity contribution in [1.82, 2.24) is 24.8 Å². The quantitative estimate of drug-likeness (QED) is 0.812. The molecule has 1 aliphatic carbocycles. The number of nitrogens with zero attached hydrogens (tertiary/aromatic N) is 7. The van der Waals surface area contributed by atoms with Crippen molar-refractivity contribution < 1.29 is 0 Å². The molecule has 1 aliphatic heterocycles. The van der Waals surface area contributed by atoms with Gasteiger partial charge in [0, 0.05) is 64.4 Å². The molecular weight excluding hydrogens is 326 g/mol. The molecule has 2 aromatic rings. The average Bonchev–Trinajstić information content (AvgIpc) is 3.05. The van der Waals surface area contributed by atoms with Gasteiger partial charge in [-0.15, -0.1) is 0 Å². The van der Waals surface area contributed by atoms with E-state index < -0.39 is 0 Å². The van der Waals surface area contributed by atoms with Gasteiger partial charge < -0.3 is 9.80 Å². The lowest BCUT2D eigenvalue weighted by molar-refractivity contribution is 0.107. The van der Waals surface area contributed by atoms with Crippen molar-refractivity contribution in [3.8, 4) is 0 Å². The molecule has 138 valence electrons. The summed E-state index contributed by atoms with van der Waals surface area (Å²) >= 11 is 0. The molecule has 0 N–H and O–H groups in total. The molecule has 0 radical (unpaired) electrons. The highest BCUT2D eigenvalue weighted by molar-refractivity contribution is 5.38. The van der Waals surface area contributed by atoms with E-state index in [1.807, 2.05) is 43.7 Å². The molecule has 1 spiro atoms. The Morgan fingerprint density at radius 3 is 2.58 bits per heavy atom. The molecule has 0 atom stereocenters. The van der Waals surface area contributed by atoms with E-state index in [2.05, 4.69) is 36.8 Å². The summed E-state index contributed by atoms with van der Waals surface area (Å²) < 4.78 is 0. The molecule has 2 fully saturated rings. The van der Waals surface area contributed by atoms with Crippen LogP contribution in [0.3, 0.4) is 0 Å². The van der Waals surface area contributed by atoms with Crippen LogP contribution in [0.1, 0.15) is 24.8 Å². The third-order valence-corrected chi connectivity index (χ3v) is 5.83. The lowest BCUT2D eigenvalue weighted by atomic mass is 9.64. The van der Waals surface area contributed by atoms with Crippen molar-refractivity contribution in [2.45, 2.75) is 31.8 Å². The monoisotopic (exact) mass is 353 g/mol. The van der Waals surface area contributed by atoms with Crippen LogP contribution >= 0.6 is 0 Å². The Labute approximate surface area is 155 Å². The lowest BCUT2D eigenvalue weighted by Gasteiger charge is -2.49. The zero-order valence-corrected chi connectivity index (χ0v) is 15.8. The van der Waals surface area contributed by atoms with E-state index in [4.69, 9.17) is 0 Å². The van der Waals surface area contributed by atoms with Crippen molar-refractivity contribution in [1.29, 1.82) is 0 Å². The molecule has 7 heteroatoms. The van der Waals surface area contributed by atoms with Gasteiger partial charge in [-0.25, -0.2) is 19.9 Å². The predicted octanol–water partition coefficient (Wildman–Crippen LogP) is 1.82. The smallest absolute Gasteiger partial charge is 0.224 e. The maximum Gasteiger partial charge on any atom is 0.224 e. The maximum atomic E-state index is 4.43. The Morgan fingerprint density at radius 2 is 1.92 bits per heavy atom. The summed E-state index contributed by atoms with van der Waals surface area (Å²) in [6.07, 6.45) is 11.1. The SMILES string of the molecule is CN(C)c1ncc(CN2CCC3(CC(N(C)c4ccncn4)C3)C2)cn1. The number of rotatable bonds is 5. The highest BCUT2D eigenvalue weighted by Gasteiger charge is 2.49. The topological polar surface area (TPSA) is 61.3 Å². The largest absolute Gasteiger partial charge is 0.357 e. The molecule has 0 bridgehead atoms. The third-order valence-electron chi connectivity index (χ3n) is 5.83. The van der Waals surface area contributed by atoms with Crippen LogP contribution in [0.5, 0.6) is 0 Å². The first-order valence-electron chi connectivity index (χ1n) is 9.24. The van der Waals surface area contributed by atoms with Crippen molar-refractivity contribution in [3.05, 3.63) is 36.5 Å². The van der Waals surface area contributed by atoms with Crippen LogP contribution in [0.2, 0.25) is 0 Å². The molecule has 2 aliphatic rings. The van der Waals surface area contributed by atoms with E-state index in [1.54, 1.807) is 6.33 Å². The van der Waals surface area contributed by atoms with Crippen molar-refractivity contribution in [2.24, 2.45) is 5.41 Å². The number of hydrogen-bond acceptors (Lipinski definition) is 7. The molecule has 26 heavy (non-hydrogen) atoms. The molecule has 3 heterocycles. The van der Waals surface area contributed by atoms with Crippen molar-refractivity contribution in [2.75, 3.05) is 44.0 Å². The second kappa shape index (κ2) is 6.79. The van der Waals surface area contributed by atoms with Gasteiger partial charge >= 0.3 is 0 Å². The van der Waals surface area contributed by atoms with Crippen LogP contribution in [-0.2, 0) is 6.54 Å². The van der Waals surface area contributed by atoms with E-state index in [0.29, 0.717) is 11.5 Å². The molecule has 1 saturated heterocycles. The fourth-order valence-electron chi connectivity index (χ4n) is 4.31. The van der Waals surface area contributed by atoms with Crippen molar-refractivity contribution >= 4 is 11.8 Å². The van der Waals surface area contributed by atoms with Crippen LogP contribution in [0, 0.1) is 5.41 Å². The number of aromatic nitrogens is 4. The third kappa shape index (κ3) is 3.35. The molecule has 0 aromatic carbocycles. The van der Waals surface area contributed by atoms with Crippen LogP contribution < -0.4 is 9.80 Å². The minimum Gasteiger partial charge on any atom is -0.357 e. The van der Waals surface area contributed by atoms with Gasteiger partial charge in [-0.1, -0.05) is 0 Å². The fraction of sp³-hybridized carbons (Fsp3) is 0.579. The minimum absolute atomic E-state index is 0.483. The minimum atomic E-state index is 0.483. The van der Waals surface area contributed by atoms with Crippen LogP contribution in [0.4, 0.5) is 11.8 Å². The van der Waals surface area contributed by atoms with Gasteiger partial charge in [0.2, 0.25) is 5.95 Å². The van der Waals surface area contributed by atoms with Gasteiger partial charge in [0.1, 0.15) is 12.1 Å². The summed E-state index contributed by atoms with van der Waals surface area (Å²) in [6.45, 7) is 3.29. The average molecular weight is 353 g/mol. The van der Waals surface area contributed by atoms with Gasteiger partial charge in [-0.2, -0.15) is 0 Å². The Kier molecular flexibility index (Phi) is 4.48. The van der Waals surface area contributed by atoms with Crippen LogP contribution in [0.25, 0.3) is 0 Å². The predicted molar refractivity (Wildman–Crippen MR) is 102 cm³/mol. The van der Waals surface area contributed by atoms with Crippen LogP contribution in [0.15, 0.2) is 31.0 Å². The number of likely N-dealkylation sites (tertiary alicyclic amines) is 1. The molecule has 0 amide bonds. The fourth-order valence-corrected chi connectivity index (χ4v) is 4.31. The van der Waals surface area contributed by atoms with Gasteiger partial charge in [0.05, 0.1) is 0 Å². The zero-order valence-electron chi connectivity index (χ0n) is 15.8. The standard InChI is InChI=1S/C19H27N7/c1-24(2)18-21-10-15(11-22-18)12-26-7-5-19(13-26)8-16(9-19)25(3)17-4-6-20-14-23-17/h4,6,10-11,14,16H,5,7-9,12-13H2,1-3H3. The Balaban J connectivity index is 1.31. The van der Waals surface area contributed by atoms with E-state index in [-0.39, 0.29) is 0 Å². The van der Waals surface area contributed by atoms with E-state index in [0.717, 1.165) is 18.3 Å². The van der Waals surface area contributed by atoms with E-state index in [9.17, 15) is 0 Å². The Morgan fingerprint density at radius 1 is 1.15 bits per heavy atom. The second-order valence-corrected chi connectivity index (χ2v) is 7.99. The number of anilines is 2. The first-order valence-corrected chi connectivity index (χ1v) is 9.24. The normalized spacial score (nSPS) is 25.3. The molecule has 1 saturated carbocycles. The van der Waals surface area contributed by atoms with Gasteiger partial charge in [0.15, 0.2) is 0 Å².